The number of carbonyl (C=O) groups excluding carboxylic acids is 1. The Bertz CT molecular complexity index is 876. The van der Waals surface area contributed by atoms with Gasteiger partial charge < -0.3 is 4.74 Å². The summed E-state index contributed by atoms with van der Waals surface area (Å²) in [7, 11) is 0. The third-order valence-corrected chi connectivity index (χ3v) is 4.14. The van der Waals surface area contributed by atoms with Crippen LogP contribution >= 0.6 is 15.9 Å². The largest absolute Gasteiger partial charge is 0.489 e. The molecule has 0 aliphatic carbocycles. The molecule has 0 atom stereocenters. The van der Waals surface area contributed by atoms with Crippen molar-refractivity contribution in [1.82, 2.24) is 5.43 Å². The van der Waals surface area contributed by atoms with Gasteiger partial charge in [0, 0.05) is 10.0 Å². The molecule has 130 valence electrons. The highest BCUT2D eigenvalue weighted by Crippen LogP contribution is 2.15. The zero-order chi connectivity index (χ0) is 18.2. The standard InChI is InChI=1S/C21H17BrN2O2/c22-19-10-6-17(7-11-19)15-26-20-12-8-16(9-13-20)14-23-24-21(25)18-4-2-1-3-5-18/h1-14H,15H2,(H,24,25)/b23-14+. The molecule has 0 saturated carbocycles. The fourth-order valence-corrected chi connectivity index (χ4v) is 2.48. The van der Waals surface area contributed by atoms with Crippen LogP contribution in [0.15, 0.2) is 88.4 Å². The molecule has 1 N–H and O–H groups in total. The average molecular weight is 409 g/mol. The molecule has 0 aliphatic rings. The van der Waals surface area contributed by atoms with E-state index in [0.29, 0.717) is 12.2 Å². The van der Waals surface area contributed by atoms with Crippen LogP contribution in [0.25, 0.3) is 0 Å². The monoisotopic (exact) mass is 408 g/mol. The number of halogens is 1. The Hall–Kier alpha value is -2.92. The predicted octanol–water partition coefficient (Wildman–Crippen LogP) is 4.79. The van der Waals surface area contributed by atoms with Gasteiger partial charge in [-0.15, -0.1) is 0 Å². The first-order valence-corrected chi connectivity index (χ1v) is 8.86. The van der Waals surface area contributed by atoms with E-state index in [-0.39, 0.29) is 5.91 Å². The van der Waals surface area contributed by atoms with Gasteiger partial charge in [0.15, 0.2) is 0 Å². The summed E-state index contributed by atoms with van der Waals surface area (Å²) >= 11 is 3.41. The molecule has 3 aromatic rings. The molecule has 4 nitrogen and oxygen atoms in total. The zero-order valence-electron chi connectivity index (χ0n) is 13.9. The maximum Gasteiger partial charge on any atom is 0.271 e. The van der Waals surface area contributed by atoms with Crippen LogP contribution in [0.4, 0.5) is 0 Å². The van der Waals surface area contributed by atoms with Gasteiger partial charge in [0.1, 0.15) is 12.4 Å². The lowest BCUT2D eigenvalue weighted by molar-refractivity contribution is 0.0955. The first kappa shape index (κ1) is 17.9. The molecule has 1 amide bonds. The molecule has 3 rings (SSSR count). The molecule has 0 saturated heterocycles. The molecule has 0 aliphatic heterocycles. The molecule has 5 heteroatoms. The molecule has 0 fully saturated rings. The third kappa shape index (κ3) is 5.29. The second kappa shape index (κ2) is 8.97. The van der Waals surface area contributed by atoms with Gasteiger partial charge >= 0.3 is 0 Å². The van der Waals surface area contributed by atoms with Gasteiger partial charge in [-0.2, -0.15) is 5.10 Å². The van der Waals surface area contributed by atoms with Crippen LogP contribution in [0, 0.1) is 0 Å². The summed E-state index contributed by atoms with van der Waals surface area (Å²) < 4.78 is 6.80. The SMILES string of the molecule is O=C(N/N=C/c1ccc(OCc2ccc(Br)cc2)cc1)c1ccccc1. The van der Waals surface area contributed by atoms with Crippen molar-refractivity contribution in [1.29, 1.82) is 0 Å². The van der Waals surface area contributed by atoms with E-state index in [1.165, 1.54) is 0 Å². The van der Waals surface area contributed by atoms with Gasteiger partial charge in [0.25, 0.3) is 5.91 Å². The third-order valence-electron chi connectivity index (χ3n) is 3.61. The van der Waals surface area contributed by atoms with Gasteiger partial charge in [0.2, 0.25) is 0 Å². The molecule has 0 radical (unpaired) electrons. The number of nitrogens with zero attached hydrogens (tertiary/aromatic N) is 1. The van der Waals surface area contributed by atoms with Gasteiger partial charge in [-0.05, 0) is 59.7 Å². The number of benzene rings is 3. The minimum Gasteiger partial charge on any atom is -0.489 e. The second-order valence-corrected chi connectivity index (χ2v) is 6.47. The molecule has 3 aromatic carbocycles. The molecule has 0 heterocycles. The van der Waals surface area contributed by atoms with Crippen molar-refractivity contribution in [3.63, 3.8) is 0 Å². The highest BCUT2D eigenvalue weighted by Gasteiger charge is 2.01. The van der Waals surface area contributed by atoms with Crippen molar-refractivity contribution in [2.24, 2.45) is 5.10 Å². The number of amides is 1. The number of ether oxygens (including phenoxy) is 1. The van der Waals surface area contributed by atoms with E-state index < -0.39 is 0 Å². The van der Waals surface area contributed by atoms with Crippen molar-refractivity contribution in [3.8, 4) is 5.75 Å². The first-order chi connectivity index (χ1) is 12.7. The Balaban J connectivity index is 1.51. The summed E-state index contributed by atoms with van der Waals surface area (Å²) in [5.41, 5.74) is 5.05. The van der Waals surface area contributed by atoms with Gasteiger partial charge in [-0.1, -0.05) is 46.3 Å². The summed E-state index contributed by atoms with van der Waals surface area (Å²) in [5.74, 6) is 0.537. The molecule has 0 bridgehead atoms. The molecule has 26 heavy (non-hydrogen) atoms. The summed E-state index contributed by atoms with van der Waals surface area (Å²) in [6, 6.07) is 24.5. The van der Waals surface area contributed by atoms with Crippen LogP contribution in [-0.4, -0.2) is 12.1 Å². The van der Waals surface area contributed by atoms with Crippen LogP contribution in [0.3, 0.4) is 0 Å². The van der Waals surface area contributed by atoms with Gasteiger partial charge in [-0.3, -0.25) is 4.79 Å². The quantitative estimate of drug-likeness (QED) is 0.470. The maximum atomic E-state index is 11.9. The van der Waals surface area contributed by atoms with E-state index in [9.17, 15) is 4.79 Å². The number of hydrazone groups is 1. The van der Waals surface area contributed by atoms with E-state index in [1.807, 2.05) is 66.7 Å². The van der Waals surface area contributed by atoms with Crippen LogP contribution < -0.4 is 10.2 Å². The Morgan fingerprint density at radius 1 is 0.962 bits per heavy atom. The van der Waals surface area contributed by atoms with Crippen molar-refractivity contribution < 1.29 is 9.53 Å². The zero-order valence-corrected chi connectivity index (χ0v) is 15.5. The van der Waals surface area contributed by atoms with E-state index in [1.54, 1.807) is 18.3 Å². The van der Waals surface area contributed by atoms with Crippen molar-refractivity contribution >= 4 is 28.1 Å². The van der Waals surface area contributed by atoms with Crippen molar-refractivity contribution in [2.75, 3.05) is 0 Å². The van der Waals surface area contributed by atoms with E-state index >= 15 is 0 Å². The van der Waals surface area contributed by atoms with Gasteiger partial charge in [0.05, 0.1) is 6.21 Å². The van der Waals surface area contributed by atoms with Crippen LogP contribution in [-0.2, 0) is 6.61 Å². The number of hydrogen-bond acceptors (Lipinski definition) is 3. The second-order valence-electron chi connectivity index (χ2n) is 5.55. The summed E-state index contributed by atoms with van der Waals surface area (Å²) in [6.45, 7) is 0.508. The normalized spacial score (nSPS) is 10.7. The Morgan fingerprint density at radius 2 is 1.65 bits per heavy atom. The highest BCUT2D eigenvalue weighted by atomic mass is 79.9. The molecular weight excluding hydrogens is 392 g/mol. The lowest BCUT2D eigenvalue weighted by Crippen LogP contribution is -2.17. The number of hydrogen-bond donors (Lipinski definition) is 1. The van der Waals surface area contributed by atoms with Crippen molar-refractivity contribution in [3.05, 3.63) is 100 Å². The minimum atomic E-state index is -0.240. The minimum absolute atomic E-state index is 0.240. The lowest BCUT2D eigenvalue weighted by Gasteiger charge is -2.06. The predicted molar refractivity (Wildman–Crippen MR) is 106 cm³/mol. The van der Waals surface area contributed by atoms with Crippen LogP contribution in [0.5, 0.6) is 5.75 Å². The maximum absolute atomic E-state index is 11.9. The number of nitrogens with one attached hydrogen (secondary N) is 1. The van der Waals surface area contributed by atoms with E-state index in [0.717, 1.165) is 21.3 Å². The first-order valence-electron chi connectivity index (χ1n) is 8.06. The number of carbonyl (C=O) groups is 1. The summed E-state index contributed by atoms with van der Waals surface area (Å²) in [4.78, 5) is 11.9. The fourth-order valence-electron chi connectivity index (χ4n) is 2.22. The smallest absolute Gasteiger partial charge is 0.271 e. The summed E-state index contributed by atoms with van der Waals surface area (Å²) in [5, 5.41) is 3.98. The summed E-state index contributed by atoms with van der Waals surface area (Å²) in [6.07, 6.45) is 1.60. The lowest BCUT2D eigenvalue weighted by atomic mass is 10.2. The fraction of sp³-hybridized carbons (Fsp3) is 0.0476. The van der Waals surface area contributed by atoms with E-state index in [2.05, 4.69) is 26.5 Å². The van der Waals surface area contributed by atoms with Gasteiger partial charge in [-0.25, -0.2) is 5.43 Å². The Labute approximate surface area is 160 Å². The molecular formula is C21H17BrN2O2. The van der Waals surface area contributed by atoms with E-state index in [4.69, 9.17) is 4.74 Å². The molecule has 0 aromatic heterocycles. The topological polar surface area (TPSA) is 50.7 Å². The average Bonchev–Trinajstić information content (AvgIpc) is 2.69. The van der Waals surface area contributed by atoms with Crippen molar-refractivity contribution in [2.45, 2.75) is 6.61 Å². The highest BCUT2D eigenvalue weighted by molar-refractivity contribution is 9.10. The Morgan fingerprint density at radius 3 is 2.35 bits per heavy atom. The Kier molecular flexibility index (Phi) is 6.17. The molecule has 0 spiro atoms. The van der Waals surface area contributed by atoms with Crippen LogP contribution in [0.1, 0.15) is 21.5 Å². The molecule has 0 unspecified atom stereocenters. The van der Waals surface area contributed by atoms with Crippen LogP contribution in [0.2, 0.25) is 0 Å². The number of rotatable bonds is 6.